The SMILES string of the molecule is Cc1ccc2c(ncn2CCC[C@H]2NCCC[C@@H]2O)c1Cl.Cl.Cl. The molecule has 2 heterocycles. The van der Waals surface area contributed by atoms with Crippen LogP contribution in [0, 0.1) is 6.92 Å². The van der Waals surface area contributed by atoms with E-state index < -0.39 is 0 Å². The summed E-state index contributed by atoms with van der Waals surface area (Å²) in [5.74, 6) is 0. The number of hydrogen-bond acceptors (Lipinski definition) is 3. The molecule has 7 heteroatoms. The standard InChI is InChI=1S/C16H22ClN3O.2ClH/c1-11-6-7-13-16(15(11)17)19-10-20(13)9-3-4-12-14(21)5-2-8-18-12;;/h6-7,10,12,14,18,21H,2-5,8-9H2,1H3;2*1H/t12-,14+;;/m1../s1. The van der Waals surface area contributed by atoms with Crippen LogP contribution < -0.4 is 5.32 Å². The zero-order valence-electron chi connectivity index (χ0n) is 13.2. The maximum absolute atomic E-state index is 9.97. The minimum Gasteiger partial charge on any atom is -0.392 e. The predicted octanol–water partition coefficient (Wildman–Crippen LogP) is 3.73. The molecule has 3 rings (SSSR count). The summed E-state index contributed by atoms with van der Waals surface area (Å²) < 4.78 is 2.15. The lowest BCUT2D eigenvalue weighted by molar-refractivity contribution is 0.0909. The maximum Gasteiger partial charge on any atom is 0.107 e. The van der Waals surface area contributed by atoms with Crippen LogP contribution >= 0.6 is 36.4 Å². The average molecular weight is 381 g/mol. The van der Waals surface area contributed by atoms with E-state index in [4.69, 9.17) is 11.6 Å². The molecule has 1 aliphatic heterocycles. The Labute approximate surface area is 154 Å². The number of fused-ring (bicyclic) bond motifs is 1. The molecule has 23 heavy (non-hydrogen) atoms. The van der Waals surface area contributed by atoms with E-state index in [9.17, 15) is 5.11 Å². The molecular weight excluding hydrogens is 357 g/mol. The van der Waals surface area contributed by atoms with Gasteiger partial charge in [-0.2, -0.15) is 0 Å². The van der Waals surface area contributed by atoms with E-state index in [2.05, 4.69) is 20.9 Å². The molecule has 1 aromatic carbocycles. The number of aromatic nitrogens is 2. The number of halogens is 3. The van der Waals surface area contributed by atoms with Crippen LogP contribution in [0.5, 0.6) is 0 Å². The molecule has 1 fully saturated rings. The van der Waals surface area contributed by atoms with E-state index >= 15 is 0 Å². The molecule has 0 saturated carbocycles. The smallest absolute Gasteiger partial charge is 0.107 e. The molecule has 0 bridgehead atoms. The highest BCUT2D eigenvalue weighted by molar-refractivity contribution is 6.35. The van der Waals surface area contributed by atoms with E-state index in [1.54, 1.807) is 0 Å². The fourth-order valence-electron chi connectivity index (χ4n) is 3.09. The molecule has 2 aromatic rings. The molecule has 4 nitrogen and oxygen atoms in total. The van der Waals surface area contributed by atoms with E-state index in [-0.39, 0.29) is 37.0 Å². The summed E-state index contributed by atoms with van der Waals surface area (Å²) in [7, 11) is 0. The lowest BCUT2D eigenvalue weighted by atomic mass is 9.97. The molecule has 2 atom stereocenters. The monoisotopic (exact) mass is 379 g/mol. The number of imidazole rings is 1. The van der Waals surface area contributed by atoms with Crippen molar-refractivity contribution in [3.05, 3.63) is 29.0 Å². The Morgan fingerprint density at radius 2 is 2.17 bits per heavy atom. The molecule has 2 N–H and O–H groups in total. The van der Waals surface area contributed by atoms with E-state index in [0.29, 0.717) is 0 Å². The Hall–Kier alpha value is -0.520. The second kappa shape index (κ2) is 9.09. The van der Waals surface area contributed by atoms with Crippen molar-refractivity contribution in [1.82, 2.24) is 14.9 Å². The van der Waals surface area contributed by atoms with Crippen LogP contribution in [0.2, 0.25) is 5.02 Å². The minimum atomic E-state index is -0.199. The normalized spacial score (nSPS) is 20.8. The van der Waals surface area contributed by atoms with Crippen LogP contribution in [0.4, 0.5) is 0 Å². The van der Waals surface area contributed by atoms with Gasteiger partial charge in [-0.3, -0.25) is 0 Å². The molecule has 0 aliphatic carbocycles. The van der Waals surface area contributed by atoms with Crippen LogP contribution in [-0.4, -0.2) is 33.3 Å². The van der Waals surface area contributed by atoms with Gasteiger partial charge in [0.2, 0.25) is 0 Å². The van der Waals surface area contributed by atoms with Crippen LogP contribution in [0.3, 0.4) is 0 Å². The zero-order chi connectivity index (χ0) is 14.8. The highest BCUT2D eigenvalue weighted by Crippen LogP contribution is 2.26. The van der Waals surface area contributed by atoms with Gasteiger partial charge in [-0.25, -0.2) is 4.98 Å². The molecule has 1 aliphatic rings. The van der Waals surface area contributed by atoms with Crippen molar-refractivity contribution < 1.29 is 5.11 Å². The number of nitrogens with zero attached hydrogens (tertiary/aromatic N) is 2. The van der Waals surface area contributed by atoms with Gasteiger partial charge >= 0.3 is 0 Å². The van der Waals surface area contributed by atoms with Gasteiger partial charge in [0.05, 0.1) is 23.0 Å². The molecule has 0 amide bonds. The summed E-state index contributed by atoms with van der Waals surface area (Å²) in [5, 5.41) is 14.1. The number of benzene rings is 1. The third kappa shape index (κ3) is 4.52. The van der Waals surface area contributed by atoms with Gasteiger partial charge in [-0.05, 0) is 50.8 Å². The fourth-order valence-corrected chi connectivity index (χ4v) is 3.30. The van der Waals surface area contributed by atoms with Crippen molar-refractivity contribution in [2.24, 2.45) is 0 Å². The molecule has 130 valence electrons. The number of aliphatic hydroxyl groups is 1. The van der Waals surface area contributed by atoms with Gasteiger partial charge in [0.15, 0.2) is 0 Å². The van der Waals surface area contributed by atoms with E-state index in [1.807, 2.05) is 19.3 Å². The highest BCUT2D eigenvalue weighted by Gasteiger charge is 2.21. The number of nitrogens with one attached hydrogen (secondary N) is 1. The zero-order valence-corrected chi connectivity index (χ0v) is 15.6. The summed E-state index contributed by atoms with van der Waals surface area (Å²) >= 11 is 6.30. The van der Waals surface area contributed by atoms with Crippen molar-refractivity contribution in [3.8, 4) is 0 Å². The van der Waals surface area contributed by atoms with Crippen molar-refractivity contribution >= 4 is 47.4 Å². The van der Waals surface area contributed by atoms with Crippen LogP contribution in [0.15, 0.2) is 18.5 Å². The van der Waals surface area contributed by atoms with E-state index in [0.717, 1.165) is 60.4 Å². The maximum atomic E-state index is 9.97. The third-order valence-corrected chi connectivity index (χ3v) is 4.86. The Balaban J connectivity index is 0.00000132. The first-order chi connectivity index (χ1) is 10.2. The van der Waals surface area contributed by atoms with Gasteiger partial charge in [-0.1, -0.05) is 17.7 Å². The lowest BCUT2D eigenvalue weighted by Gasteiger charge is -2.29. The van der Waals surface area contributed by atoms with Gasteiger partial charge < -0.3 is 15.0 Å². The highest BCUT2D eigenvalue weighted by atomic mass is 35.5. The van der Waals surface area contributed by atoms with Gasteiger partial charge in [-0.15, -0.1) is 24.8 Å². The van der Waals surface area contributed by atoms with Gasteiger partial charge in [0.1, 0.15) is 5.52 Å². The minimum absolute atomic E-state index is 0. The average Bonchev–Trinajstić information content (AvgIpc) is 2.89. The predicted molar refractivity (Wildman–Crippen MR) is 100 cm³/mol. The molecule has 0 unspecified atom stereocenters. The summed E-state index contributed by atoms with van der Waals surface area (Å²) in [6.07, 6.45) is 5.66. The van der Waals surface area contributed by atoms with Crippen molar-refractivity contribution in [3.63, 3.8) is 0 Å². The molecular formula is C16H24Cl3N3O. The van der Waals surface area contributed by atoms with Crippen LogP contribution in [0.1, 0.15) is 31.2 Å². The van der Waals surface area contributed by atoms with Gasteiger partial charge in [0, 0.05) is 12.6 Å². The summed E-state index contributed by atoms with van der Waals surface area (Å²) in [6, 6.07) is 4.35. The largest absolute Gasteiger partial charge is 0.392 e. The van der Waals surface area contributed by atoms with Crippen molar-refractivity contribution in [2.75, 3.05) is 6.54 Å². The summed E-state index contributed by atoms with van der Waals surface area (Å²) in [4.78, 5) is 4.43. The van der Waals surface area contributed by atoms with Crippen LogP contribution in [-0.2, 0) is 6.54 Å². The Morgan fingerprint density at radius 1 is 1.39 bits per heavy atom. The Kier molecular flexibility index (Phi) is 8.11. The number of aliphatic hydroxyl groups excluding tert-OH is 1. The van der Waals surface area contributed by atoms with Gasteiger partial charge in [0.25, 0.3) is 0 Å². The topological polar surface area (TPSA) is 50.1 Å². The lowest BCUT2D eigenvalue weighted by Crippen LogP contribution is -2.44. The number of piperidine rings is 1. The second-order valence-corrected chi connectivity index (χ2v) is 6.29. The van der Waals surface area contributed by atoms with Crippen LogP contribution in [0.25, 0.3) is 11.0 Å². The molecule has 0 radical (unpaired) electrons. The van der Waals surface area contributed by atoms with E-state index in [1.165, 1.54) is 0 Å². The number of aryl methyl sites for hydroxylation is 2. The summed E-state index contributed by atoms with van der Waals surface area (Å²) in [5.41, 5.74) is 3.03. The quantitative estimate of drug-likeness (QED) is 0.849. The first kappa shape index (κ1) is 20.5. The Bertz CT molecular complexity index is 632. The number of hydrogen-bond donors (Lipinski definition) is 2. The molecule has 1 aromatic heterocycles. The van der Waals surface area contributed by atoms with Crippen molar-refractivity contribution in [2.45, 2.75) is 51.3 Å². The van der Waals surface area contributed by atoms with Crippen molar-refractivity contribution in [1.29, 1.82) is 0 Å². The second-order valence-electron chi connectivity index (χ2n) is 5.91. The third-order valence-electron chi connectivity index (χ3n) is 4.39. The molecule has 1 saturated heterocycles. The molecule has 0 spiro atoms. The fraction of sp³-hybridized carbons (Fsp3) is 0.562. The number of rotatable bonds is 4. The first-order valence-electron chi connectivity index (χ1n) is 7.68. The Morgan fingerprint density at radius 3 is 2.91 bits per heavy atom. The first-order valence-corrected chi connectivity index (χ1v) is 8.06. The summed E-state index contributed by atoms with van der Waals surface area (Å²) in [6.45, 7) is 3.92.